The number of para-hydroxylation sites is 1. The summed E-state index contributed by atoms with van der Waals surface area (Å²) in [6.45, 7) is 1.60. The lowest BCUT2D eigenvalue weighted by Crippen LogP contribution is -2.41. The van der Waals surface area contributed by atoms with E-state index in [1.165, 1.54) is 11.1 Å². The summed E-state index contributed by atoms with van der Waals surface area (Å²) >= 11 is 0. The average molecular weight is 280 g/mol. The molecule has 0 N–H and O–H groups in total. The van der Waals surface area contributed by atoms with Gasteiger partial charge >= 0.3 is 0 Å². The highest BCUT2D eigenvalue weighted by atomic mass is 16.5. The van der Waals surface area contributed by atoms with Crippen LogP contribution in [-0.2, 0) is 11.2 Å². The second-order valence-corrected chi connectivity index (χ2v) is 5.45. The van der Waals surface area contributed by atoms with Crippen LogP contribution in [0.2, 0.25) is 0 Å². The van der Waals surface area contributed by atoms with E-state index in [1.807, 2.05) is 24.3 Å². The molecule has 4 nitrogen and oxygen atoms in total. The third-order valence-corrected chi connectivity index (χ3v) is 4.29. The minimum absolute atomic E-state index is 0.0173. The molecule has 0 fully saturated rings. The Hall–Kier alpha value is -2.49. The molecule has 106 valence electrons. The van der Waals surface area contributed by atoms with E-state index in [0.717, 1.165) is 23.5 Å². The third kappa shape index (κ3) is 1.59. The molecule has 2 aromatic carbocycles. The number of amides is 1. The number of methoxy groups -OCH3 is 1. The van der Waals surface area contributed by atoms with Crippen molar-refractivity contribution in [1.82, 2.24) is 0 Å². The van der Waals surface area contributed by atoms with E-state index in [-0.39, 0.29) is 11.9 Å². The molecule has 0 bridgehead atoms. The maximum Gasteiger partial charge on any atom is 0.242 e. The fourth-order valence-electron chi connectivity index (χ4n) is 3.41. The number of hydrazine groups is 1. The van der Waals surface area contributed by atoms with Crippen molar-refractivity contribution in [2.45, 2.75) is 19.4 Å². The molecule has 0 aromatic heterocycles. The molecule has 21 heavy (non-hydrogen) atoms. The monoisotopic (exact) mass is 280 g/mol. The van der Waals surface area contributed by atoms with Gasteiger partial charge in [0.1, 0.15) is 5.75 Å². The molecule has 1 unspecified atom stereocenters. The van der Waals surface area contributed by atoms with Gasteiger partial charge in [-0.15, -0.1) is 0 Å². The van der Waals surface area contributed by atoms with Crippen molar-refractivity contribution in [3.63, 3.8) is 0 Å². The number of anilines is 2. The highest BCUT2D eigenvalue weighted by Crippen LogP contribution is 2.50. The van der Waals surface area contributed by atoms with Crippen LogP contribution in [0.1, 0.15) is 24.1 Å². The normalized spacial score (nSPS) is 18.3. The van der Waals surface area contributed by atoms with Crippen molar-refractivity contribution in [3.8, 4) is 5.75 Å². The fraction of sp³-hybridized carbons (Fsp3) is 0.235. The van der Waals surface area contributed by atoms with Crippen LogP contribution < -0.4 is 14.8 Å². The Morgan fingerprint density at radius 3 is 2.76 bits per heavy atom. The van der Waals surface area contributed by atoms with Crippen molar-refractivity contribution in [3.05, 3.63) is 53.6 Å². The Bertz CT molecular complexity index is 741. The minimum Gasteiger partial charge on any atom is -0.497 e. The van der Waals surface area contributed by atoms with Gasteiger partial charge in [0.15, 0.2) is 0 Å². The largest absolute Gasteiger partial charge is 0.497 e. The number of hydrogen-bond donors (Lipinski definition) is 0. The summed E-state index contributed by atoms with van der Waals surface area (Å²) in [6, 6.07) is 14.5. The molecule has 1 amide bonds. The van der Waals surface area contributed by atoms with Gasteiger partial charge in [-0.05, 0) is 17.7 Å². The molecule has 0 aliphatic carbocycles. The van der Waals surface area contributed by atoms with Crippen molar-refractivity contribution < 1.29 is 9.53 Å². The van der Waals surface area contributed by atoms with Crippen LogP contribution in [0.4, 0.5) is 11.4 Å². The van der Waals surface area contributed by atoms with E-state index >= 15 is 0 Å². The first kappa shape index (κ1) is 12.3. The standard InChI is InChI=1S/C17H16N2O2/c1-11(20)18-17-10-13(21-2)7-8-14(17)16-9-12-5-3-4-6-15(12)19(16)18/h3-8,10,16H,9H2,1-2H3. The number of carbonyl (C=O) groups is 1. The highest BCUT2D eigenvalue weighted by molar-refractivity contribution is 5.98. The van der Waals surface area contributed by atoms with Gasteiger partial charge in [0.2, 0.25) is 5.91 Å². The molecule has 1 atom stereocenters. The van der Waals surface area contributed by atoms with E-state index in [2.05, 4.69) is 23.2 Å². The Labute approximate surface area is 123 Å². The summed E-state index contributed by atoms with van der Waals surface area (Å²) < 4.78 is 5.30. The smallest absolute Gasteiger partial charge is 0.242 e. The van der Waals surface area contributed by atoms with Gasteiger partial charge in [-0.3, -0.25) is 9.80 Å². The van der Waals surface area contributed by atoms with Gasteiger partial charge in [0.25, 0.3) is 0 Å². The maximum absolute atomic E-state index is 12.2. The van der Waals surface area contributed by atoms with Crippen LogP contribution in [0.3, 0.4) is 0 Å². The SMILES string of the molecule is COc1ccc2c(c1)N(C(C)=O)N1c3ccccc3CC21. The van der Waals surface area contributed by atoms with Crippen molar-refractivity contribution in [2.75, 3.05) is 17.1 Å². The lowest BCUT2D eigenvalue weighted by atomic mass is 10.0. The summed E-state index contributed by atoms with van der Waals surface area (Å²) in [4.78, 5) is 12.2. The summed E-state index contributed by atoms with van der Waals surface area (Å²) in [5, 5.41) is 3.89. The zero-order chi connectivity index (χ0) is 14.6. The molecule has 0 radical (unpaired) electrons. The van der Waals surface area contributed by atoms with E-state index in [1.54, 1.807) is 19.0 Å². The number of rotatable bonds is 1. The number of fused-ring (bicyclic) bond motifs is 5. The van der Waals surface area contributed by atoms with E-state index in [0.29, 0.717) is 0 Å². The molecule has 2 aliphatic heterocycles. The van der Waals surface area contributed by atoms with Gasteiger partial charge < -0.3 is 4.74 Å². The molecule has 0 spiro atoms. The van der Waals surface area contributed by atoms with Gasteiger partial charge in [0.05, 0.1) is 24.5 Å². The Kier molecular flexibility index (Phi) is 2.48. The topological polar surface area (TPSA) is 32.8 Å². The Balaban J connectivity index is 1.90. The van der Waals surface area contributed by atoms with Crippen LogP contribution in [0.25, 0.3) is 0 Å². The van der Waals surface area contributed by atoms with Crippen LogP contribution in [0.15, 0.2) is 42.5 Å². The molecule has 0 saturated carbocycles. The summed E-state index contributed by atoms with van der Waals surface area (Å²) in [5.74, 6) is 0.790. The van der Waals surface area contributed by atoms with Crippen molar-refractivity contribution >= 4 is 17.3 Å². The highest BCUT2D eigenvalue weighted by Gasteiger charge is 2.43. The molecule has 2 aliphatic rings. The van der Waals surface area contributed by atoms with E-state index in [9.17, 15) is 4.79 Å². The molecule has 0 saturated heterocycles. The first-order valence-electron chi connectivity index (χ1n) is 7.06. The van der Waals surface area contributed by atoms with Gasteiger partial charge in [0, 0.05) is 25.0 Å². The number of benzene rings is 2. The van der Waals surface area contributed by atoms with Crippen LogP contribution in [0.5, 0.6) is 5.75 Å². The summed E-state index contributed by atoms with van der Waals surface area (Å²) in [7, 11) is 1.64. The van der Waals surface area contributed by atoms with Crippen molar-refractivity contribution in [1.29, 1.82) is 0 Å². The molecule has 2 heterocycles. The minimum atomic E-state index is 0.0173. The predicted molar refractivity (Wildman–Crippen MR) is 81.5 cm³/mol. The second-order valence-electron chi connectivity index (χ2n) is 5.45. The van der Waals surface area contributed by atoms with E-state index < -0.39 is 0 Å². The molecular formula is C17H16N2O2. The predicted octanol–water partition coefficient (Wildman–Crippen LogP) is 3.08. The zero-order valence-corrected chi connectivity index (χ0v) is 12.0. The van der Waals surface area contributed by atoms with Gasteiger partial charge in [-0.2, -0.15) is 0 Å². The fourth-order valence-corrected chi connectivity index (χ4v) is 3.41. The van der Waals surface area contributed by atoms with Crippen LogP contribution in [-0.4, -0.2) is 13.0 Å². The molecular weight excluding hydrogens is 264 g/mol. The number of ether oxygens (including phenoxy) is 1. The quantitative estimate of drug-likeness (QED) is 0.804. The number of hydrogen-bond acceptors (Lipinski definition) is 3. The first-order valence-corrected chi connectivity index (χ1v) is 7.06. The Morgan fingerprint density at radius 2 is 2.00 bits per heavy atom. The second kappa shape index (κ2) is 4.25. The lowest BCUT2D eigenvalue weighted by molar-refractivity contribution is -0.116. The molecule has 2 aromatic rings. The summed E-state index contributed by atoms with van der Waals surface area (Å²) in [5.41, 5.74) is 4.52. The number of carbonyl (C=O) groups excluding carboxylic acids is 1. The number of nitrogens with zero attached hydrogens (tertiary/aromatic N) is 2. The van der Waals surface area contributed by atoms with Crippen molar-refractivity contribution in [2.24, 2.45) is 0 Å². The zero-order valence-electron chi connectivity index (χ0n) is 12.0. The van der Waals surface area contributed by atoms with Gasteiger partial charge in [-0.1, -0.05) is 24.3 Å². The Morgan fingerprint density at radius 1 is 1.19 bits per heavy atom. The first-order chi connectivity index (χ1) is 10.2. The third-order valence-electron chi connectivity index (χ3n) is 4.29. The maximum atomic E-state index is 12.2. The lowest BCUT2D eigenvalue weighted by Gasteiger charge is -2.29. The van der Waals surface area contributed by atoms with E-state index in [4.69, 9.17) is 4.74 Å². The van der Waals surface area contributed by atoms with Crippen LogP contribution in [0, 0.1) is 0 Å². The van der Waals surface area contributed by atoms with Crippen LogP contribution >= 0.6 is 0 Å². The van der Waals surface area contributed by atoms with Gasteiger partial charge in [-0.25, -0.2) is 5.01 Å². The molecule has 4 heteroatoms. The average Bonchev–Trinajstić information content (AvgIpc) is 3.00. The summed E-state index contributed by atoms with van der Waals surface area (Å²) in [6.07, 6.45) is 0.930. The molecule has 4 rings (SSSR count).